The van der Waals surface area contributed by atoms with E-state index in [0.29, 0.717) is 6.61 Å². The van der Waals surface area contributed by atoms with Gasteiger partial charge in [-0.2, -0.15) is 0 Å². The fraction of sp³-hybridized carbons (Fsp3) is 0.438. The van der Waals surface area contributed by atoms with Crippen LogP contribution in [-0.2, 0) is 9.53 Å². The highest BCUT2D eigenvalue weighted by atomic mass is 16.5. The summed E-state index contributed by atoms with van der Waals surface area (Å²) in [6, 6.07) is 10.6. The number of ether oxygens (including phenoxy) is 1. The van der Waals surface area contributed by atoms with Crippen molar-refractivity contribution in [2.75, 3.05) is 6.61 Å². The highest BCUT2D eigenvalue weighted by Gasteiger charge is 2.39. The van der Waals surface area contributed by atoms with Gasteiger partial charge in [0.2, 0.25) is 0 Å². The van der Waals surface area contributed by atoms with Crippen LogP contribution in [0.5, 0.6) is 0 Å². The lowest BCUT2D eigenvalue weighted by atomic mass is 9.96. The molecule has 1 saturated heterocycles. The van der Waals surface area contributed by atoms with Gasteiger partial charge in [-0.3, -0.25) is 4.79 Å². The number of allylic oxidation sites excluding steroid dienone is 2. The van der Waals surface area contributed by atoms with Crippen molar-refractivity contribution in [3.05, 3.63) is 47.2 Å². The minimum absolute atomic E-state index is 0.133. The van der Waals surface area contributed by atoms with Crippen LogP contribution in [0.2, 0.25) is 0 Å². The summed E-state index contributed by atoms with van der Waals surface area (Å²) >= 11 is 0. The molecule has 100 valence electrons. The van der Waals surface area contributed by atoms with E-state index >= 15 is 0 Å². The van der Waals surface area contributed by atoms with E-state index in [2.05, 4.69) is 29.2 Å². The van der Waals surface area contributed by atoms with E-state index in [-0.39, 0.29) is 18.1 Å². The predicted molar refractivity (Wildman–Crippen MR) is 73.4 cm³/mol. The van der Waals surface area contributed by atoms with Crippen LogP contribution < -0.4 is 0 Å². The number of nitrogens with zero attached hydrogens (tertiary/aromatic N) is 1. The van der Waals surface area contributed by atoms with Crippen molar-refractivity contribution in [3.8, 4) is 0 Å². The molecule has 2 aliphatic heterocycles. The maximum Gasteiger partial charge on any atom is 0.157 e. The Morgan fingerprint density at radius 3 is 2.74 bits per heavy atom. The summed E-state index contributed by atoms with van der Waals surface area (Å²) in [6.07, 6.45) is 1.88. The maximum atomic E-state index is 11.7. The van der Waals surface area contributed by atoms with Gasteiger partial charge in [-0.1, -0.05) is 30.3 Å². The molecule has 2 heterocycles. The second-order valence-electron chi connectivity index (χ2n) is 5.28. The molecular formula is C16H19NO2. The van der Waals surface area contributed by atoms with Crippen molar-refractivity contribution in [2.24, 2.45) is 0 Å². The fourth-order valence-electron chi connectivity index (χ4n) is 3.20. The smallest absolute Gasteiger partial charge is 0.157 e. The van der Waals surface area contributed by atoms with Gasteiger partial charge in [0.1, 0.15) is 6.23 Å². The van der Waals surface area contributed by atoms with Gasteiger partial charge >= 0.3 is 0 Å². The van der Waals surface area contributed by atoms with Crippen LogP contribution in [0.4, 0.5) is 0 Å². The van der Waals surface area contributed by atoms with Crippen molar-refractivity contribution >= 4 is 5.78 Å². The van der Waals surface area contributed by atoms with Gasteiger partial charge in [0.05, 0.1) is 12.6 Å². The molecule has 0 saturated carbocycles. The van der Waals surface area contributed by atoms with Crippen LogP contribution in [0.15, 0.2) is 41.6 Å². The summed E-state index contributed by atoms with van der Waals surface area (Å²) in [5.41, 5.74) is 3.31. The first kappa shape index (κ1) is 12.4. The molecule has 0 unspecified atom stereocenters. The summed E-state index contributed by atoms with van der Waals surface area (Å²) in [4.78, 5) is 14.0. The molecule has 2 aliphatic rings. The largest absolute Gasteiger partial charge is 0.356 e. The van der Waals surface area contributed by atoms with Crippen molar-refractivity contribution in [1.82, 2.24) is 4.90 Å². The molecule has 1 fully saturated rings. The van der Waals surface area contributed by atoms with Gasteiger partial charge < -0.3 is 9.64 Å². The van der Waals surface area contributed by atoms with Crippen molar-refractivity contribution in [3.63, 3.8) is 0 Å². The number of hydrogen-bond donors (Lipinski definition) is 0. The number of hydrogen-bond acceptors (Lipinski definition) is 3. The Balaban J connectivity index is 1.98. The van der Waals surface area contributed by atoms with Crippen LogP contribution in [0.25, 0.3) is 0 Å². The third-order valence-corrected chi connectivity index (χ3v) is 4.17. The lowest BCUT2D eigenvalue weighted by Gasteiger charge is -2.36. The molecule has 3 rings (SSSR count). The number of Topliss-reactive ketones (excluding diaryl/α,β-unsaturated/α-hetero) is 1. The zero-order valence-electron chi connectivity index (χ0n) is 11.4. The monoisotopic (exact) mass is 257 g/mol. The molecule has 2 atom stereocenters. The zero-order valence-corrected chi connectivity index (χ0v) is 11.4. The quantitative estimate of drug-likeness (QED) is 0.815. The molecule has 0 N–H and O–H groups in total. The lowest BCUT2D eigenvalue weighted by molar-refractivity contribution is -0.114. The molecule has 0 spiro atoms. The van der Waals surface area contributed by atoms with Gasteiger partial charge in [-0.25, -0.2) is 0 Å². The standard InChI is InChI=1S/C16H19NO2/c1-11-14(12(2)18)8-9-16-17(11)15(10-19-16)13-6-4-3-5-7-13/h3-7,15-16H,8-10H2,1-2H3/t15-,16+/m1/s1. The van der Waals surface area contributed by atoms with Gasteiger partial charge in [-0.05, 0) is 32.3 Å². The van der Waals surface area contributed by atoms with E-state index in [1.165, 1.54) is 5.56 Å². The Bertz CT molecular complexity index is 521. The molecule has 1 aromatic carbocycles. The van der Waals surface area contributed by atoms with E-state index in [0.717, 1.165) is 24.1 Å². The van der Waals surface area contributed by atoms with E-state index < -0.39 is 0 Å². The normalized spacial score (nSPS) is 26.5. The average Bonchev–Trinajstić information content (AvgIpc) is 2.84. The van der Waals surface area contributed by atoms with Crippen LogP contribution in [-0.4, -0.2) is 23.5 Å². The lowest BCUT2D eigenvalue weighted by Crippen LogP contribution is -2.35. The van der Waals surface area contributed by atoms with Crippen molar-refractivity contribution in [2.45, 2.75) is 39.0 Å². The topological polar surface area (TPSA) is 29.5 Å². The predicted octanol–water partition coefficient (Wildman–Crippen LogP) is 3.04. The molecular weight excluding hydrogens is 238 g/mol. The minimum Gasteiger partial charge on any atom is -0.356 e. The summed E-state index contributed by atoms with van der Waals surface area (Å²) in [7, 11) is 0. The van der Waals surface area contributed by atoms with E-state index in [9.17, 15) is 4.79 Å². The summed E-state index contributed by atoms with van der Waals surface area (Å²) in [5, 5.41) is 0. The molecule has 19 heavy (non-hydrogen) atoms. The third kappa shape index (κ3) is 2.08. The van der Waals surface area contributed by atoms with Crippen LogP contribution in [0.1, 0.15) is 38.3 Å². The molecule has 0 amide bonds. The van der Waals surface area contributed by atoms with Gasteiger partial charge in [0.25, 0.3) is 0 Å². The second-order valence-corrected chi connectivity index (χ2v) is 5.28. The summed E-state index contributed by atoms with van der Waals surface area (Å²) in [6.45, 7) is 4.42. The number of carbonyl (C=O) groups excluding carboxylic acids is 1. The highest BCUT2D eigenvalue weighted by molar-refractivity contribution is 5.94. The second kappa shape index (κ2) is 4.82. The number of fused-ring (bicyclic) bond motifs is 1. The number of carbonyl (C=O) groups is 1. The Hall–Kier alpha value is -1.61. The molecule has 1 aromatic rings. The Kier molecular flexibility index (Phi) is 3.15. The molecule has 3 heteroatoms. The first-order chi connectivity index (χ1) is 9.18. The SMILES string of the molecule is CC(=O)C1=C(C)N2[C@H](CC1)OC[C@@H]2c1ccccc1. The van der Waals surface area contributed by atoms with Gasteiger partial charge in [0.15, 0.2) is 5.78 Å². The Labute approximate surface area is 113 Å². The average molecular weight is 257 g/mol. The van der Waals surface area contributed by atoms with E-state index in [1.807, 2.05) is 13.0 Å². The van der Waals surface area contributed by atoms with Crippen molar-refractivity contribution < 1.29 is 9.53 Å². The number of ketones is 1. The Morgan fingerprint density at radius 2 is 2.05 bits per heavy atom. The fourth-order valence-corrected chi connectivity index (χ4v) is 3.20. The first-order valence-corrected chi connectivity index (χ1v) is 6.84. The zero-order chi connectivity index (χ0) is 13.4. The third-order valence-electron chi connectivity index (χ3n) is 4.17. The van der Waals surface area contributed by atoms with Crippen molar-refractivity contribution in [1.29, 1.82) is 0 Å². The van der Waals surface area contributed by atoms with E-state index in [4.69, 9.17) is 4.74 Å². The summed E-state index contributed by atoms with van der Waals surface area (Å²) in [5.74, 6) is 0.190. The van der Waals surface area contributed by atoms with Crippen LogP contribution in [0.3, 0.4) is 0 Å². The number of benzene rings is 1. The molecule has 3 nitrogen and oxygen atoms in total. The molecule has 0 aromatic heterocycles. The minimum atomic E-state index is 0.133. The molecule has 0 bridgehead atoms. The van der Waals surface area contributed by atoms with E-state index in [1.54, 1.807) is 6.92 Å². The van der Waals surface area contributed by atoms with Gasteiger partial charge in [0, 0.05) is 11.3 Å². The maximum absolute atomic E-state index is 11.7. The number of rotatable bonds is 2. The first-order valence-electron chi connectivity index (χ1n) is 6.84. The highest BCUT2D eigenvalue weighted by Crippen LogP contribution is 2.40. The van der Waals surface area contributed by atoms with Crippen LogP contribution >= 0.6 is 0 Å². The molecule has 0 radical (unpaired) electrons. The Morgan fingerprint density at radius 1 is 1.32 bits per heavy atom. The van der Waals surface area contributed by atoms with Crippen LogP contribution in [0, 0.1) is 0 Å². The van der Waals surface area contributed by atoms with Gasteiger partial charge in [-0.15, -0.1) is 0 Å². The summed E-state index contributed by atoms with van der Waals surface area (Å²) < 4.78 is 5.90. The molecule has 0 aliphatic carbocycles.